The zero-order chi connectivity index (χ0) is 11.6. The SMILES string of the molecule is CN(C)c1ccc([N+](=O)[O-])c([N+](=O)[O-])c1. The van der Waals surface area contributed by atoms with E-state index in [0.717, 1.165) is 6.07 Å². The third-order valence-corrected chi connectivity index (χ3v) is 1.87. The van der Waals surface area contributed by atoms with Gasteiger partial charge in [-0.2, -0.15) is 0 Å². The molecule has 0 bridgehead atoms. The van der Waals surface area contributed by atoms with Crippen LogP contribution in [0.5, 0.6) is 0 Å². The summed E-state index contributed by atoms with van der Waals surface area (Å²) in [5.41, 5.74) is -0.441. The van der Waals surface area contributed by atoms with Gasteiger partial charge in [0.2, 0.25) is 0 Å². The van der Waals surface area contributed by atoms with Crippen molar-refractivity contribution in [2.45, 2.75) is 0 Å². The first-order valence-corrected chi connectivity index (χ1v) is 4.03. The van der Waals surface area contributed by atoms with Crippen molar-refractivity contribution in [2.24, 2.45) is 0 Å². The quantitative estimate of drug-likeness (QED) is 0.559. The summed E-state index contributed by atoms with van der Waals surface area (Å²) in [6.45, 7) is 0. The van der Waals surface area contributed by atoms with Crippen molar-refractivity contribution in [2.75, 3.05) is 19.0 Å². The number of hydrogen-bond acceptors (Lipinski definition) is 5. The van der Waals surface area contributed by atoms with Crippen LogP contribution >= 0.6 is 0 Å². The number of anilines is 1. The minimum Gasteiger partial charge on any atom is -0.377 e. The second kappa shape index (κ2) is 3.91. The molecule has 0 atom stereocenters. The summed E-state index contributed by atoms with van der Waals surface area (Å²) in [6.07, 6.45) is 0. The fraction of sp³-hybridized carbons (Fsp3) is 0.250. The molecule has 0 aliphatic carbocycles. The van der Waals surface area contributed by atoms with Gasteiger partial charge in [0.05, 0.1) is 9.85 Å². The van der Waals surface area contributed by atoms with Crippen molar-refractivity contribution < 1.29 is 9.85 Å². The van der Waals surface area contributed by atoms with Crippen molar-refractivity contribution in [1.29, 1.82) is 0 Å². The highest BCUT2D eigenvalue weighted by atomic mass is 16.6. The van der Waals surface area contributed by atoms with E-state index in [-0.39, 0.29) is 0 Å². The lowest BCUT2D eigenvalue weighted by atomic mass is 10.2. The summed E-state index contributed by atoms with van der Waals surface area (Å²) in [7, 11) is 3.40. The Balaban J connectivity index is 3.33. The van der Waals surface area contributed by atoms with Gasteiger partial charge in [0.1, 0.15) is 0 Å². The highest BCUT2D eigenvalue weighted by molar-refractivity contribution is 5.62. The summed E-state index contributed by atoms with van der Waals surface area (Å²) in [5, 5.41) is 21.1. The second-order valence-corrected chi connectivity index (χ2v) is 3.08. The van der Waals surface area contributed by atoms with E-state index in [2.05, 4.69) is 0 Å². The Bertz CT molecular complexity index is 416. The molecule has 0 aromatic heterocycles. The number of benzene rings is 1. The number of nitro benzene ring substituents is 2. The first kappa shape index (κ1) is 10.9. The van der Waals surface area contributed by atoms with Gasteiger partial charge in [-0.1, -0.05) is 0 Å². The molecule has 15 heavy (non-hydrogen) atoms. The zero-order valence-electron chi connectivity index (χ0n) is 8.21. The lowest BCUT2D eigenvalue weighted by molar-refractivity contribution is -0.422. The average molecular weight is 211 g/mol. The summed E-state index contributed by atoms with van der Waals surface area (Å²) < 4.78 is 0. The molecule has 1 aromatic carbocycles. The van der Waals surface area contributed by atoms with E-state index in [1.807, 2.05) is 0 Å². The smallest absolute Gasteiger partial charge is 0.348 e. The van der Waals surface area contributed by atoms with Gasteiger partial charge in [0, 0.05) is 31.9 Å². The van der Waals surface area contributed by atoms with Gasteiger partial charge in [0.25, 0.3) is 0 Å². The van der Waals surface area contributed by atoms with Gasteiger partial charge >= 0.3 is 11.4 Å². The molecule has 0 radical (unpaired) electrons. The largest absolute Gasteiger partial charge is 0.377 e. The van der Waals surface area contributed by atoms with Gasteiger partial charge in [-0.3, -0.25) is 20.2 Å². The van der Waals surface area contributed by atoms with Crippen molar-refractivity contribution in [1.82, 2.24) is 0 Å². The monoisotopic (exact) mass is 211 g/mol. The van der Waals surface area contributed by atoms with Crippen molar-refractivity contribution in [3.63, 3.8) is 0 Å². The van der Waals surface area contributed by atoms with Crippen LogP contribution in [0, 0.1) is 20.2 Å². The molecule has 0 unspecified atom stereocenters. The molecule has 0 saturated heterocycles. The van der Waals surface area contributed by atoms with Crippen molar-refractivity contribution in [3.05, 3.63) is 38.4 Å². The summed E-state index contributed by atoms with van der Waals surface area (Å²) in [4.78, 5) is 21.2. The molecule has 0 fully saturated rings. The first-order chi connectivity index (χ1) is 6.93. The molecular weight excluding hydrogens is 202 g/mol. The van der Waals surface area contributed by atoms with Crippen LogP contribution in [0.1, 0.15) is 0 Å². The van der Waals surface area contributed by atoms with E-state index in [4.69, 9.17) is 0 Å². The molecule has 7 nitrogen and oxygen atoms in total. The van der Waals surface area contributed by atoms with E-state index in [1.54, 1.807) is 19.0 Å². The third kappa shape index (κ3) is 2.19. The Morgan fingerprint density at radius 3 is 2.00 bits per heavy atom. The lowest BCUT2D eigenvalue weighted by Gasteiger charge is -2.11. The minimum atomic E-state index is -0.766. The molecule has 0 aliphatic rings. The molecule has 0 aliphatic heterocycles. The zero-order valence-corrected chi connectivity index (χ0v) is 8.21. The van der Waals surface area contributed by atoms with Gasteiger partial charge < -0.3 is 4.90 Å². The standard InChI is InChI=1S/C8H9N3O4/c1-9(2)6-3-4-7(10(12)13)8(5-6)11(14)15/h3-5H,1-2H3. The Labute approximate surface area is 85.2 Å². The Kier molecular flexibility index (Phi) is 2.84. The number of nitro groups is 2. The van der Waals surface area contributed by atoms with E-state index < -0.39 is 21.2 Å². The van der Waals surface area contributed by atoms with Crippen molar-refractivity contribution in [3.8, 4) is 0 Å². The number of hydrogen-bond donors (Lipinski definition) is 0. The minimum absolute atomic E-state index is 0.494. The fourth-order valence-corrected chi connectivity index (χ4v) is 1.09. The van der Waals surface area contributed by atoms with Crippen LogP contribution in [0.2, 0.25) is 0 Å². The van der Waals surface area contributed by atoms with E-state index in [1.165, 1.54) is 12.1 Å². The molecule has 0 heterocycles. The van der Waals surface area contributed by atoms with E-state index >= 15 is 0 Å². The molecule has 0 saturated carbocycles. The maximum Gasteiger partial charge on any atom is 0.348 e. The van der Waals surface area contributed by atoms with Gasteiger partial charge in [-0.05, 0) is 6.07 Å². The van der Waals surface area contributed by atoms with Crippen LogP contribution in [0.3, 0.4) is 0 Å². The van der Waals surface area contributed by atoms with E-state index in [0.29, 0.717) is 5.69 Å². The molecule has 1 aromatic rings. The predicted molar refractivity (Wildman–Crippen MR) is 54.1 cm³/mol. The third-order valence-electron chi connectivity index (χ3n) is 1.87. The molecule has 0 N–H and O–H groups in total. The predicted octanol–water partition coefficient (Wildman–Crippen LogP) is 1.57. The van der Waals surface area contributed by atoms with Crippen LogP contribution in [0.25, 0.3) is 0 Å². The van der Waals surface area contributed by atoms with Crippen molar-refractivity contribution >= 4 is 17.1 Å². The highest BCUT2D eigenvalue weighted by Gasteiger charge is 2.24. The summed E-state index contributed by atoms with van der Waals surface area (Å²) in [6, 6.07) is 3.77. The summed E-state index contributed by atoms with van der Waals surface area (Å²) in [5.74, 6) is 0. The molecular formula is C8H9N3O4. The van der Waals surface area contributed by atoms with Crippen LogP contribution < -0.4 is 4.90 Å². The molecule has 0 spiro atoms. The maximum absolute atomic E-state index is 10.6. The summed E-state index contributed by atoms with van der Waals surface area (Å²) >= 11 is 0. The fourth-order valence-electron chi connectivity index (χ4n) is 1.09. The van der Waals surface area contributed by atoms with E-state index in [9.17, 15) is 20.2 Å². The van der Waals surface area contributed by atoms with Crippen LogP contribution in [0.15, 0.2) is 18.2 Å². The molecule has 1 rings (SSSR count). The topological polar surface area (TPSA) is 89.5 Å². The number of rotatable bonds is 3. The Hall–Kier alpha value is -2.18. The van der Waals surface area contributed by atoms with Gasteiger partial charge in [0.15, 0.2) is 0 Å². The van der Waals surface area contributed by atoms with Crippen LogP contribution in [-0.4, -0.2) is 23.9 Å². The van der Waals surface area contributed by atoms with Gasteiger partial charge in [-0.15, -0.1) is 0 Å². The first-order valence-electron chi connectivity index (χ1n) is 4.03. The maximum atomic E-state index is 10.6. The second-order valence-electron chi connectivity index (χ2n) is 3.08. The highest BCUT2D eigenvalue weighted by Crippen LogP contribution is 2.30. The average Bonchev–Trinajstić information content (AvgIpc) is 2.16. The van der Waals surface area contributed by atoms with Gasteiger partial charge in [-0.25, -0.2) is 0 Å². The lowest BCUT2D eigenvalue weighted by Crippen LogP contribution is -2.09. The molecule has 0 amide bonds. The Morgan fingerprint density at radius 2 is 1.60 bits per heavy atom. The molecule has 80 valence electrons. The van der Waals surface area contributed by atoms with Crippen LogP contribution in [0.4, 0.5) is 17.1 Å². The Morgan fingerprint density at radius 1 is 1.07 bits per heavy atom. The molecule has 7 heteroatoms. The number of nitrogens with zero attached hydrogens (tertiary/aromatic N) is 3. The van der Waals surface area contributed by atoms with Crippen LogP contribution in [-0.2, 0) is 0 Å². The normalized spacial score (nSPS) is 9.73.